The number of carbonyl (C=O) groups excluding carboxylic acids is 1. The van der Waals surface area contributed by atoms with E-state index in [0.29, 0.717) is 11.1 Å². The van der Waals surface area contributed by atoms with Crippen molar-refractivity contribution in [2.45, 2.75) is 45.4 Å². The van der Waals surface area contributed by atoms with Crippen molar-refractivity contribution in [3.8, 4) is 0 Å². The molecule has 1 saturated heterocycles. The van der Waals surface area contributed by atoms with Gasteiger partial charge in [-0.2, -0.15) is 0 Å². The molecule has 0 bridgehead atoms. The predicted octanol–water partition coefficient (Wildman–Crippen LogP) is 3.09. The zero-order valence-electron chi connectivity index (χ0n) is 12.2. The van der Waals surface area contributed by atoms with Crippen molar-refractivity contribution in [2.75, 3.05) is 18.0 Å². The molecule has 0 aromatic carbocycles. The lowest BCUT2D eigenvalue weighted by Crippen LogP contribution is -2.42. The van der Waals surface area contributed by atoms with E-state index < -0.39 is 0 Å². The summed E-state index contributed by atoms with van der Waals surface area (Å²) in [6, 6.07) is 3.67. The van der Waals surface area contributed by atoms with E-state index in [-0.39, 0.29) is 0 Å². The molecule has 108 valence electrons. The number of rotatable bonds is 2. The van der Waals surface area contributed by atoms with Crippen LogP contribution >= 0.6 is 0 Å². The normalized spacial score (nSPS) is 22.9. The summed E-state index contributed by atoms with van der Waals surface area (Å²) in [6.07, 6.45) is 8.88. The summed E-state index contributed by atoms with van der Waals surface area (Å²) in [4.78, 5) is 12.9. The first kappa shape index (κ1) is 13.5. The van der Waals surface area contributed by atoms with Gasteiger partial charge in [0.2, 0.25) is 0 Å². The molecule has 1 aliphatic carbocycles. The zero-order valence-corrected chi connectivity index (χ0v) is 12.2. The second-order valence-electron chi connectivity index (χ2n) is 6.60. The fourth-order valence-corrected chi connectivity index (χ4v) is 3.65. The highest BCUT2D eigenvalue weighted by atomic mass is 16.1. The molecule has 4 heteroatoms. The number of hydrogen-bond acceptors (Lipinski definition) is 4. The standard InChI is InChI=1S/C16H23N3O/c1-13-4-6-16(7-5-13)8-10-19(11-9-16)15-3-2-14(12-20)17-18-15/h2-3,12-13H,4-11H2,1H3. The van der Waals surface area contributed by atoms with Crippen LogP contribution < -0.4 is 4.90 Å². The second kappa shape index (κ2) is 5.51. The van der Waals surface area contributed by atoms with Crippen LogP contribution in [0.2, 0.25) is 0 Å². The van der Waals surface area contributed by atoms with Crippen LogP contribution in [0.5, 0.6) is 0 Å². The summed E-state index contributed by atoms with van der Waals surface area (Å²) in [5.74, 6) is 1.83. The highest BCUT2D eigenvalue weighted by Crippen LogP contribution is 2.46. The van der Waals surface area contributed by atoms with Crippen molar-refractivity contribution in [1.82, 2.24) is 10.2 Å². The number of carbonyl (C=O) groups is 1. The Morgan fingerprint density at radius 3 is 2.40 bits per heavy atom. The molecule has 1 aromatic rings. The summed E-state index contributed by atoms with van der Waals surface area (Å²) in [5.41, 5.74) is 1.00. The molecule has 2 aliphatic rings. The van der Waals surface area contributed by atoms with E-state index in [9.17, 15) is 4.79 Å². The Bertz CT molecular complexity index is 453. The third-order valence-corrected chi connectivity index (χ3v) is 5.27. The molecule has 0 unspecified atom stereocenters. The SMILES string of the molecule is CC1CCC2(CC1)CCN(c1ccc(C=O)nn1)CC2. The Balaban J connectivity index is 1.61. The van der Waals surface area contributed by atoms with Gasteiger partial charge in [-0.15, -0.1) is 10.2 Å². The van der Waals surface area contributed by atoms with Crippen molar-refractivity contribution in [3.05, 3.63) is 17.8 Å². The van der Waals surface area contributed by atoms with Gasteiger partial charge >= 0.3 is 0 Å². The van der Waals surface area contributed by atoms with E-state index in [1.807, 2.05) is 6.07 Å². The lowest BCUT2D eigenvalue weighted by atomic mass is 9.66. The number of anilines is 1. The Morgan fingerprint density at radius 2 is 1.85 bits per heavy atom. The molecule has 3 rings (SSSR count). The maximum absolute atomic E-state index is 10.6. The van der Waals surface area contributed by atoms with Crippen LogP contribution in [0.15, 0.2) is 12.1 Å². The third-order valence-electron chi connectivity index (χ3n) is 5.27. The van der Waals surface area contributed by atoms with E-state index in [1.54, 1.807) is 6.07 Å². The van der Waals surface area contributed by atoms with E-state index >= 15 is 0 Å². The largest absolute Gasteiger partial charge is 0.355 e. The first-order valence-corrected chi connectivity index (χ1v) is 7.75. The smallest absolute Gasteiger partial charge is 0.170 e. The average molecular weight is 273 g/mol. The molecule has 0 atom stereocenters. The van der Waals surface area contributed by atoms with E-state index in [4.69, 9.17) is 0 Å². The Morgan fingerprint density at radius 1 is 1.15 bits per heavy atom. The van der Waals surface area contributed by atoms with Gasteiger partial charge < -0.3 is 4.90 Å². The van der Waals surface area contributed by atoms with Gasteiger partial charge in [-0.25, -0.2) is 0 Å². The average Bonchev–Trinajstić information content (AvgIpc) is 2.52. The number of nitrogens with zero attached hydrogens (tertiary/aromatic N) is 3. The van der Waals surface area contributed by atoms with Gasteiger partial charge in [0.15, 0.2) is 12.1 Å². The van der Waals surface area contributed by atoms with E-state index in [0.717, 1.165) is 31.1 Å². The molecule has 2 heterocycles. The molecule has 1 aliphatic heterocycles. The van der Waals surface area contributed by atoms with Crippen LogP contribution in [0.25, 0.3) is 0 Å². The molecule has 1 saturated carbocycles. The number of piperidine rings is 1. The lowest BCUT2D eigenvalue weighted by molar-refractivity contribution is 0.111. The maximum Gasteiger partial charge on any atom is 0.170 e. The molecule has 2 fully saturated rings. The summed E-state index contributed by atoms with van der Waals surface area (Å²) in [5, 5.41) is 8.09. The summed E-state index contributed by atoms with van der Waals surface area (Å²) >= 11 is 0. The fourth-order valence-electron chi connectivity index (χ4n) is 3.65. The molecular weight excluding hydrogens is 250 g/mol. The zero-order chi connectivity index (χ0) is 14.0. The predicted molar refractivity (Wildman–Crippen MR) is 78.9 cm³/mol. The Kier molecular flexibility index (Phi) is 3.72. The number of hydrogen-bond donors (Lipinski definition) is 0. The highest BCUT2D eigenvalue weighted by Gasteiger charge is 2.37. The number of aldehydes is 1. The molecule has 1 spiro atoms. The van der Waals surface area contributed by atoms with Crippen LogP contribution in [0.3, 0.4) is 0 Å². The van der Waals surface area contributed by atoms with E-state index in [1.165, 1.54) is 38.5 Å². The lowest BCUT2D eigenvalue weighted by Gasteiger charge is -2.45. The third kappa shape index (κ3) is 2.69. The van der Waals surface area contributed by atoms with Gasteiger partial charge in [0.05, 0.1) is 0 Å². The van der Waals surface area contributed by atoms with Crippen molar-refractivity contribution in [1.29, 1.82) is 0 Å². The minimum absolute atomic E-state index is 0.406. The van der Waals surface area contributed by atoms with Crippen molar-refractivity contribution in [3.63, 3.8) is 0 Å². The Hall–Kier alpha value is -1.45. The topological polar surface area (TPSA) is 46.1 Å². The van der Waals surface area contributed by atoms with Crippen LogP contribution in [-0.2, 0) is 0 Å². The van der Waals surface area contributed by atoms with Crippen LogP contribution in [0.4, 0.5) is 5.82 Å². The minimum Gasteiger partial charge on any atom is -0.355 e. The molecule has 0 amide bonds. The van der Waals surface area contributed by atoms with Gasteiger partial charge in [-0.1, -0.05) is 19.8 Å². The van der Waals surface area contributed by atoms with Gasteiger partial charge in [0, 0.05) is 13.1 Å². The van der Waals surface area contributed by atoms with Crippen LogP contribution in [0, 0.1) is 11.3 Å². The first-order chi connectivity index (χ1) is 9.71. The van der Waals surface area contributed by atoms with Gasteiger partial charge in [-0.05, 0) is 49.1 Å². The second-order valence-corrected chi connectivity index (χ2v) is 6.60. The molecule has 20 heavy (non-hydrogen) atoms. The minimum atomic E-state index is 0.406. The van der Waals surface area contributed by atoms with Crippen LogP contribution in [0.1, 0.15) is 55.9 Å². The van der Waals surface area contributed by atoms with Crippen LogP contribution in [-0.4, -0.2) is 29.6 Å². The van der Waals surface area contributed by atoms with Crippen molar-refractivity contribution < 1.29 is 4.79 Å². The quantitative estimate of drug-likeness (QED) is 0.777. The molecule has 0 radical (unpaired) electrons. The first-order valence-electron chi connectivity index (χ1n) is 7.75. The highest BCUT2D eigenvalue weighted by molar-refractivity contribution is 5.71. The summed E-state index contributed by atoms with van der Waals surface area (Å²) in [6.45, 7) is 4.53. The molecular formula is C16H23N3O. The summed E-state index contributed by atoms with van der Waals surface area (Å²) in [7, 11) is 0. The monoisotopic (exact) mass is 273 g/mol. The number of aromatic nitrogens is 2. The maximum atomic E-state index is 10.6. The van der Waals surface area contributed by atoms with E-state index in [2.05, 4.69) is 22.0 Å². The summed E-state index contributed by atoms with van der Waals surface area (Å²) < 4.78 is 0. The Labute approximate surface area is 120 Å². The van der Waals surface area contributed by atoms with Gasteiger partial charge in [0.1, 0.15) is 5.69 Å². The van der Waals surface area contributed by atoms with Gasteiger partial charge in [-0.3, -0.25) is 4.79 Å². The van der Waals surface area contributed by atoms with Gasteiger partial charge in [0.25, 0.3) is 0 Å². The van der Waals surface area contributed by atoms with Crippen molar-refractivity contribution in [2.24, 2.45) is 11.3 Å². The molecule has 4 nitrogen and oxygen atoms in total. The fraction of sp³-hybridized carbons (Fsp3) is 0.688. The van der Waals surface area contributed by atoms with Crippen molar-refractivity contribution >= 4 is 12.1 Å². The molecule has 1 aromatic heterocycles. The molecule has 0 N–H and O–H groups in total.